The van der Waals surface area contributed by atoms with Crippen molar-refractivity contribution in [3.05, 3.63) is 28.2 Å². The van der Waals surface area contributed by atoms with Crippen LogP contribution in [0.5, 0.6) is 5.75 Å². The third-order valence-electron chi connectivity index (χ3n) is 3.63. The number of carboxylic acid groups (broad SMARTS) is 1. The Balaban J connectivity index is 1.92. The maximum Gasteiger partial charge on any atom is 0.307 e. The zero-order valence-corrected chi connectivity index (χ0v) is 13.4. The van der Waals surface area contributed by atoms with Gasteiger partial charge in [-0.2, -0.15) is 0 Å². The summed E-state index contributed by atoms with van der Waals surface area (Å²) in [5.74, 6) is -0.156. The number of fused-ring (bicyclic) bond motifs is 1. The van der Waals surface area contributed by atoms with Crippen LogP contribution in [-0.2, 0) is 11.2 Å². The maximum absolute atomic E-state index is 10.9. The average molecular weight is 342 g/mol. The van der Waals surface area contributed by atoms with Crippen LogP contribution >= 0.6 is 15.9 Å². The molecule has 0 spiro atoms. The highest BCUT2D eigenvalue weighted by Crippen LogP contribution is 2.31. The van der Waals surface area contributed by atoms with Crippen LogP contribution in [0.2, 0.25) is 0 Å². The number of hydrogen-bond acceptors (Lipinski definition) is 3. The number of aliphatic carboxylic acids is 1. The molecule has 1 aromatic rings. The van der Waals surface area contributed by atoms with Crippen LogP contribution in [0.1, 0.15) is 19.4 Å². The van der Waals surface area contributed by atoms with Gasteiger partial charge >= 0.3 is 5.97 Å². The summed E-state index contributed by atoms with van der Waals surface area (Å²) in [6.07, 6.45) is 0.993. The van der Waals surface area contributed by atoms with Gasteiger partial charge in [-0.3, -0.25) is 9.69 Å². The Morgan fingerprint density at radius 3 is 3.00 bits per heavy atom. The first-order valence-electron chi connectivity index (χ1n) is 6.89. The fourth-order valence-corrected chi connectivity index (χ4v) is 2.89. The molecular formula is C15H20BrNO3. The highest BCUT2D eigenvalue weighted by Gasteiger charge is 2.26. The molecule has 0 aliphatic carbocycles. The zero-order chi connectivity index (χ0) is 14.7. The topological polar surface area (TPSA) is 49.8 Å². The van der Waals surface area contributed by atoms with Gasteiger partial charge in [0, 0.05) is 24.0 Å². The van der Waals surface area contributed by atoms with Gasteiger partial charge in [0.05, 0.1) is 5.92 Å². The molecule has 0 amide bonds. The van der Waals surface area contributed by atoms with Gasteiger partial charge in [0.1, 0.15) is 11.9 Å². The molecule has 2 unspecified atom stereocenters. The van der Waals surface area contributed by atoms with Crippen LogP contribution in [0, 0.1) is 5.92 Å². The second-order valence-corrected chi connectivity index (χ2v) is 6.20. The summed E-state index contributed by atoms with van der Waals surface area (Å²) in [4.78, 5) is 13.1. The van der Waals surface area contributed by atoms with Crippen molar-refractivity contribution < 1.29 is 14.6 Å². The molecule has 1 aliphatic heterocycles. The van der Waals surface area contributed by atoms with Gasteiger partial charge in [0.2, 0.25) is 0 Å². The predicted molar refractivity (Wildman–Crippen MR) is 81.2 cm³/mol. The molecule has 2 atom stereocenters. The normalized spacial score (nSPS) is 18.7. The molecule has 0 saturated heterocycles. The van der Waals surface area contributed by atoms with Crippen LogP contribution in [0.15, 0.2) is 22.7 Å². The molecular weight excluding hydrogens is 322 g/mol. The van der Waals surface area contributed by atoms with Gasteiger partial charge < -0.3 is 9.84 Å². The Bertz CT molecular complexity index is 492. The van der Waals surface area contributed by atoms with Crippen molar-refractivity contribution in [1.29, 1.82) is 0 Å². The van der Waals surface area contributed by atoms with Gasteiger partial charge in [-0.05, 0) is 30.3 Å². The molecule has 110 valence electrons. The smallest absolute Gasteiger partial charge is 0.307 e. The van der Waals surface area contributed by atoms with E-state index >= 15 is 0 Å². The third-order valence-corrected chi connectivity index (χ3v) is 4.12. The van der Waals surface area contributed by atoms with Gasteiger partial charge in [0.25, 0.3) is 0 Å². The monoisotopic (exact) mass is 341 g/mol. The number of carbonyl (C=O) groups is 1. The first-order chi connectivity index (χ1) is 9.49. The molecule has 1 aliphatic rings. The lowest BCUT2D eigenvalue weighted by Gasteiger charge is -2.25. The SMILES string of the molecule is CCN(CC1Cc2cc(Br)ccc2O1)CC(C)C(=O)O. The van der Waals surface area contributed by atoms with Crippen molar-refractivity contribution in [1.82, 2.24) is 4.90 Å². The van der Waals surface area contributed by atoms with Crippen LogP contribution in [0.3, 0.4) is 0 Å². The van der Waals surface area contributed by atoms with Gasteiger partial charge in [0.15, 0.2) is 0 Å². The molecule has 1 N–H and O–H groups in total. The molecule has 0 fully saturated rings. The number of likely N-dealkylation sites (N-methyl/N-ethyl adjacent to an activating group) is 1. The second kappa shape index (κ2) is 6.59. The minimum Gasteiger partial charge on any atom is -0.488 e. The summed E-state index contributed by atoms with van der Waals surface area (Å²) >= 11 is 3.47. The quantitative estimate of drug-likeness (QED) is 0.864. The molecule has 1 aromatic carbocycles. The van der Waals surface area contributed by atoms with Crippen LogP contribution < -0.4 is 4.74 Å². The molecule has 5 heteroatoms. The predicted octanol–water partition coefficient (Wildman–Crippen LogP) is 2.80. The maximum atomic E-state index is 10.9. The largest absolute Gasteiger partial charge is 0.488 e. The Labute approximate surface area is 127 Å². The van der Waals surface area contributed by atoms with Crippen molar-refractivity contribution in [3.63, 3.8) is 0 Å². The Morgan fingerprint density at radius 1 is 1.60 bits per heavy atom. The van der Waals surface area contributed by atoms with E-state index in [2.05, 4.69) is 26.9 Å². The Morgan fingerprint density at radius 2 is 2.35 bits per heavy atom. The number of ether oxygens (including phenoxy) is 1. The van der Waals surface area contributed by atoms with E-state index in [1.54, 1.807) is 6.92 Å². The summed E-state index contributed by atoms with van der Waals surface area (Å²) in [6, 6.07) is 6.05. The molecule has 20 heavy (non-hydrogen) atoms. The molecule has 0 aromatic heterocycles. The van der Waals surface area contributed by atoms with E-state index in [4.69, 9.17) is 9.84 Å². The second-order valence-electron chi connectivity index (χ2n) is 5.29. The van der Waals surface area contributed by atoms with Crippen molar-refractivity contribution in [3.8, 4) is 5.75 Å². The van der Waals surface area contributed by atoms with Gasteiger partial charge in [-0.25, -0.2) is 0 Å². The summed E-state index contributed by atoms with van der Waals surface area (Å²) < 4.78 is 6.99. The minimum absolute atomic E-state index is 0.111. The van der Waals surface area contributed by atoms with E-state index in [1.165, 1.54) is 5.56 Å². The van der Waals surface area contributed by atoms with E-state index in [1.807, 2.05) is 19.1 Å². The first-order valence-corrected chi connectivity index (χ1v) is 7.69. The van der Waals surface area contributed by atoms with Crippen LogP contribution in [0.25, 0.3) is 0 Å². The average Bonchev–Trinajstić information content (AvgIpc) is 2.78. The number of hydrogen-bond donors (Lipinski definition) is 1. The molecule has 2 rings (SSSR count). The fraction of sp³-hybridized carbons (Fsp3) is 0.533. The summed E-state index contributed by atoms with van der Waals surface area (Å²) in [6.45, 7) is 5.95. The highest BCUT2D eigenvalue weighted by atomic mass is 79.9. The Kier molecular flexibility index (Phi) is 5.05. The first kappa shape index (κ1) is 15.3. The van der Waals surface area contributed by atoms with E-state index < -0.39 is 5.97 Å². The molecule has 0 saturated carbocycles. The molecule has 0 bridgehead atoms. The minimum atomic E-state index is -0.747. The van der Waals surface area contributed by atoms with E-state index in [9.17, 15) is 4.79 Å². The van der Waals surface area contributed by atoms with Crippen LogP contribution in [0.4, 0.5) is 0 Å². The number of benzene rings is 1. The van der Waals surface area contributed by atoms with Crippen molar-refractivity contribution >= 4 is 21.9 Å². The molecule has 1 heterocycles. The van der Waals surface area contributed by atoms with Crippen molar-refractivity contribution in [2.24, 2.45) is 5.92 Å². The third kappa shape index (κ3) is 3.73. The van der Waals surface area contributed by atoms with E-state index in [0.29, 0.717) is 6.54 Å². The van der Waals surface area contributed by atoms with Gasteiger partial charge in [-0.15, -0.1) is 0 Å². The lowest BCUT2D eigenvalue weighted by atomic mass is 10.1. The lowest BCUT2D eigenvalue weighted by molar-refractivity contribution is -0.141. The number of carboxylic acids is 1. The number of nitrogens with zero attached hydrogens (tertiary/aromatic N) is 1. The van der Waals surface area contributed by atoms with E-state index in [-0.39, 0.29) is 12.0 Å². The van der Waals surface area contributed by atoms with Crippen molar-refractivity contribution in [2.45, 2.75) is 26.4 Å². The lowest BCUT2D eigenvalue weighted by Crippen LogP contribution is -2.38. The summed E-state index contributed by atoms with van der Waals surface area (Å²) in [5.41, 5.74) is 1.21. The molecule has 0 radical (unpaired) electrons. The number of halogens is 1. The summed E-state index contributed by atoms with van der Waals surface area (Å²) in [5, 5.41) is 9.00. The number of rotatable bonds is 6. The highest BCUT2D eigenvalue weighted by molar-refractivity contribution is 9.10. The fourth-order valence-electron chi connectivity index (χ4n) is 2.48. The van der Waals surface area contributed by atoms with Crippen LogP contribution in [-0.4, -0.2) is 41.7 Å². The molecule has 4 nitrogen and oxygen atoms in total. The Hall–Kier alpha value is -1.07. The van der Waals surface area contributed by atoms with Crippen molar-refractivity contribution in [2.75, 3.05) is 19.6 Å². The van der Waals surface area contributed by atoms with Gasteiger partial charge in [-0.1, -0.05) is 29.8 Å². The zero-order valence-electron chi connectivity index (χ0n) is 11.8. The van der Waals surface area contributed by atoms with E-state index in [0.717, 1.165) is 29.7 Å². The standard InChI is InChI=1S/C15H20BrNO3/c1-3-17(8-10(2)15(18)19)9-13-7-11-6-12(16)4-5-14(11)20-13/h4-6,10,13H,3,7-9H2,1-2H3,(H,18,19). The summed E-state index contributed by atoms with van der Waals surface area (Å²) in [7, 11) is 0.